The molecule has 0 amide bonds. The lowest BCUT2D eigenvalue weighted by Gasteiger charge is -2.15. The van der Waals surface area contributed by atoms with Gasteiger partial charge < -0.3 is 4.90 Å². The molecule has 0 aromatic heterocycles. The zero-order valence-corrected chi connectivity index (χ0v) is 12.4. The molecule has 2 aromatic rings. The standard InChI is InChI=1S/C14H15N3O3S/c1-17(2)13-9-8-12(10-14(13)21(18,19)20)16-15-11-6-4-3-5-7-11/h3-10H,1-2H3,(H,18,19,20). The molecule has 0 saturated heterocycles. The summed E-state index contributed by atoms with van der Waals surface area (Å²) >= 11 is 0. The molecule has 0 spiro atoms. The molecule has 0 fully saturated rings. The summed E-state index contributed by atoms with van der Waals surface area (Å²) < 4.78 is 32.2. The summed E-state index contributed by atoms with van der Waals surface area (Å²) in [5.41, 5.74) is 1.39. The smallest absolute Gasteiger partial charge is 0.296 e. The van der Waals surface area contributed by atoms with Gasteiger partial charge in [0.05, 0.1) is 17.1 Å². The summed E-state index contributed by atoms with van der Waals surface area (Å²) in [6.45, 7) is 0. The Morgan fingerprint density at radius 2 is 1.57 bits per heavy atom. The third-order valence-electron chi connectivity index (χ3n) is 2.74. The minimum absolute atomic E-state index is 0.197. The Morgan fingerprint density at radius 3 is 2.14 bits per heavy atom. The Labute approximate surface area is 123 Å². The van der Waals surface area contributed by atoms with Crippen molar-refractivity contribution < 1.29 is 13.0 Å². The van der Waals surface area contributed by atoms with E-state index in [-0.39, 0.29) is 4.90 Å². The predicted molar refractivity (Wildman–Crippen MR) is 81.2 cm³/mol. The monoisotopic (exact) mass is 305 g/mol. The molecular weight excluding hydrogens is 290 g/mol. The van der Waals surface area contributed by atoms with Gasteiger partial charge in [-0.3, -0.25) is 4.55 Å². The highest BCUT2D eigenvalue weighted by Gasteiger charge is 2.17. The van der Waals surface area contributed by atoms with Crippen LogP contribution in [-0.4, -0.2) is 27.1 Å². The topological polar surface area (TPSA) is 82.3 Å². The van der Waals surface area contributed by atoms with Crippen LogP contribution in [0.15, 0.2) is 63.7 Å². The predicted octanol–water partition coefficient (Wildman–Crippen LogP) is 3.41. The number of benzene rings is 2. The first-order valence-electron chi connectivity index (χ1n) is 6.13. The van der Waals surface area contributed by atoms with Crippen molar-refractivity contribution in [2.45, 2.75) is 4.90 Å². The fourth-order valence-corrected chi connectivity index (χ4v) is 2.54. The van der Waals surface area contributed by atoms with Gasteiger partial charge in [-0.05, 0) is 30.3 Å². The van der Waals surface area contributed by atoms with Crippen LogP contribution in [0.4, 0.5) is 17.1 Å². The normalized spacial score (nSPS) is 11.8. The molecule has 0 aliphatic rings. The molecule has 0 unspecified atom stereocenters. The lowest BCUT2D eigenvalue weighted by Crippen LogP contribution is -2.13. The second-order valence-electron chi connectivity index (χ2n) is 4.56. The van der Waals surface area contributed by atoms with Gasteiger partial charge in [-0.2, -0.15) is 18.6 Å². The van der Waals surface area contributed by atoms with Gasteiger partial charge in [0.1, 0.15) is 4.90 Å². The second-order valence-corrected chi connectivity index (χ2v) is 5.95. The molecule has 6 nitrogen and oxygen atoms in total. The molecule has 7 heteroatoms. The third kappa shape index (κ3) is 3.87. The van der Waals surface area contributed by atoms with E-state index in [9.17, 15) is 13.0 Å². The molecule has 0 aliphatic heterocycles. The van der Waals surface area contributed by atoms with Gasteiger partial charge in [0.15, 0.2) is 0 Å². The Kier molecular flexibility index (Phi) is 4.35. The molecule has 21 heavy (non-hydrogen) atoms. The van der Waals surface area contributed by atoms with Crippen LogP contribution in [0.5, 0.6) is 0 Å². The molecular formula is C14H15N3O3S. The highest BCUT2D eigenvalue weighted by molar-refractivity contribution is 7.86. The van der Waals surface area contributed by atoms with E-state index in [1.807, 2.05) is 18.2 Å². The summed E-state index contributed by atoms with van der Waals surface area (Å²) in [6, 6.07) is 13.6. The first-order valence-corrected chi connectivity index (χ1v) is 7.57. The molecule has 0 aliphatic carbocycles. The zero-order valence-electron chi connectivity index (χ0n) is 11.6. The quantitative estimate of drug-likeness (QED) is 0.693. The van der Waals surface area contributed by atoms with Crippen molar-refractivity contribution in [3.63, 3.8) is 0 Å². The molecule has 0 bridgehead atoms. The van der Waals surface area contributed by atoms with Gasteiger partial charge in [0.2, 0.25) is 0 Å². The van der Waals surface area contributed by atoms with E-state index >= 15 is 0 Å². The molecule has 2 aromatic carbocycles. The lowest BCUT2D eigenvalue weighted by molar-refractivity contribution is 0.483. The van der Waals surface area contributed by atoms with Crippen molar-refractivity contribution in [3.05, 3.63) is 48.5 Å². The SMILES string of the molecule is CN(C)c1ccc(N=Nc2ccccc2)cc1S(=O)(=O)O. The maximum Gasteiger partial charge on any atom is 0.296 e. The van der Waals surface area contributed by atoms with E-state index in [1.54, 1.807) is 43.3 Å². The Hall–Kier alpha value is -2.25. The van der Waals surface area contributed by atoms with Crippen molar-refractivity contribution in [3.8, 4) is 0 Å². The minimum Gasteiger partial charge on any atom is -0.377 e. The van der Waals surface area contributed by atoms with E-state index in [0.717, 1.165) is 0 Å². The molecule has 0 radical (unpaired) electrons. The van der Waals surface area contributed by atoms with Gasteiger partial charge in [-0.15, -0.1) is 0 Å². The van der Waals surface area contributed by atoms with Crippen molar-refractivity contribution in [2.24, 2.45) is 10.2 Å². The van der Waals surface area contributed by atoms with E-state index in [4.69, 9.17) is 0 Å². The summed E-state index contributed by atoms with van der Waals surface area (Å²) in [6.07, 6.45) is 0. The number of hydrogen-bond donors (Lipinski definition) is 1. The Balaban J connectivity index is 2.41. The maximum atomic E-state index is 11.4. The highest BCUT2D eigenvalue weighted by atomic mass is 32.2. The van der Waals surface area contributed by atoms with Crippen LogP contribution in [0.2, 0.25) is 0 Å². The Bertz CT molecular complexity index is 756. The number of anilines is 1. The summed E-state index contributed by atoms with van der Waals surface area (Å²) in [5.74, 6) is 0. The minimum atomic E-state index is -4.33. The van der Waals surface area contributed by atoms with Gasteiger partial charge in [0.25, 0.3) is 10.1 Å². The first-order chi connectivity index (χ1) is 9.88. The molecule has 0 heterocycles. The van der Waals surface area contributed by atoms with E-state index in [1.165, 1.54) is 6.07 Å². The van der Waals surface area contributed by atoms with Crippen LogP contribution < -0.4 is 4.90 Å². The van der Waals surface area contributed by atoms with Crippen molar-refractivity contribution >= 4 is 27.2 Å². The molecule has 0 saturated carbocycles. The first kappa shape index (κ1) is 15.1. The van der Waals surface area contributed by atoms with Gasteiger partial charge in [-0.25, -0.2) is 0 Å². The summed E-state index contributed by atoms with van der Waals surface area (Å²) in [7, 11) is -0.948. The fraction of sp³-hybridized carbons (Fsp3) is 0.143. The highest BCUT2D eigenvalue weighted by Crippen LogP contribution is 2.29. The lowest BCUT2D eigenvalue weighted by atomic mass is 10.2. The third-order valence-corrected chi connectivity index (χ3v) is 3.62. The van der Waals surface area contributed by atoms with E-state index < -0.39 is 10.1 Å². The number of nitrogens with zero attached hydrogens (tertiary/aromatic N) is 3. The van der Waals surface area contributed by atoms with Crippen LogP contribution in [-0.2, 0) is 10.1 Å². The van der Waals surface area contributed by atoms with Crippen LogP contribution >= 0.6 is 0 Å². The Morgan fingerprint density at radius 1 is 0.952 bits per heavy atom. The maximum absolute atomic E-state index is 11.4. The van der Waals surface area contributed by atoms with Crippen LogP contribution in [0.25, 0.3) is 0 Å². The molecule has 0 atom stereocenters. The largest absolute Gasteiger partial charge is 0.377 e. The number of azo groups is 1. The zero-order chi connectivity index (χ0) is 15.5. The van der Waals surface area contributed by atoms with Gasteiger partial charge >= 0.3 is 0 Å². The molecule has 110 valence electrons. The van der Waals surface area contributed by atoms with Gasteiger partial charge in [0, 0.05) is 14.1 Å². The van der Waals surface area contributed by atoms with E-state index in [0.29, 0.717) is 17.1 Å². The average molecular weight is 305 g/mol. The molecule has 2 rings (SSSR count). The molecule has 1 N–H and O–H groups in total. The average Bonchev–Trinajstić information content (AvgIpc) is 2.45. The van der Waals surface area contributed by atoms with Crippen LogP contribution in [0.1, 0.15) is 0 Å². The van der Waals surface area contributed by atoms with Crippen LogP contribution in [0.3, 0.4) is 0 Å². The van der Waals surface area contributed by atoms with Crippen molar-refractivity contribution in [1.82, 2.24) is 0 Å². The van der Waals surface area contributed by atoms with E-state index in [2.05, 4.69) is 10.2 Å². The summed E-state index contributed by atoms with van der Waals surface area (Å²) in [4.78, 5) is 1.40. The number of rotatable bonds is 4. The summed E-state index contributed by atoms with van der Waals surface area (Å²) in [5, 5.41) is 7.99. The number of hydrogen-bond acceptors (Lipinski definition) is 5. The second kappa shape index (κ2) is 6.02. The van der Waals surface area contributed by atoms with Gasteiger partial charge in [-0.1, -0.05) is 18.2 Å². The van der Waals surface area contributed by atoms with Crippen molar-refractivity contribution in [1.29, 1.82) is 0 Å². The van der Waals surface area contributed by atoms with Crippen molar-refractivity contribution in [2.75, 3.05) is 19.0 Å². The van der Waals surface area contributed by atoms with Crippen LogP contribution in [0, 0.1) is 0 Å². The fourth-order valence-electron chi connectivity index (χ4n) is 1.75.